The van der Waals surface area contributed by atoms with E-state index in [1.54, 1.807) is 0 Å². The van der Waals surface area contributed by atoms with E-state index in [2.05, 4.69) is 5.10 Å². The number of unbranched alkanes of at least 4 members (excludes halogenated alkanes) is 1. The van der Waals surface area contributed by atoms with Crippen LogP contribution in [0, 0.1) is 0 Å². The van der Waals surface area contributed by atoms with Crippen molar-refractivity contribution in [1.29, 1.82) is 0 Å². The third-order valence-corrected chi connectivity index (χ3v) is 3.98. The molecule has 0 saturated heterocycles. The van der Waals surface area contributed by atoms with Crippen molar-refractivity contribution < 1.29 is 13.9 Å². The van der Waals surface area contributed by atoms with Gasteiger partial charge in [-0.05, 0) is 51.3 Å². The highest BCUT2D eigenvalue weighted by Gasteiger charge is 2.19. The predicted molar refractivity (Wildman–Crippen MR) is 100.0 cm³/mol. The van der Waals surface area contributed by atoms with Gasteiger partial charge in [0.15, 0.2) is 10.8 Å². The first kappa shape index (κ1) is 20.2. The zero-order valence-corrected chi connectivity index (χ0v) is 16.1. The minimum absolute atomic E-state index is 0.0164. The number of hydrogen-bond donors (Lipinski definition) is 0. The maximum atomic E-state index is 12.3. The largest absolute Gasteiger partial charge is 0.494 e. The highest BCUT2D eigenvalue weighted by molar-refractivity contribution is 6.31. The molecule has 0 unspecified atom stereocenters. The maximum absolute atomic E-state index is 12.3. The molecule has 7 heteroatoms. The number of ether oxygens (including phenoxy) is 2. The molecule has 1 heterocycles. The lowest BCUT2D eigenvalue weighted by Crippen LogP contribution is -2.36. The van der Waals surface area contributed by atoms with E-state index in [-0.39, 0.29) is 29.6 Å². The van der Waals surface area contributed by atoms with Crippen LogP contribution in [0.2, 0.25) is 5.02 Å². The Hall–Kier alpha value is -2.08. The molecule has 2 aromatic rings. The van der Waals surface area contributed by atoms with Crippen LogP contribution >= 0.6 is 11.6 Å². The normalized spacial score (nSPS) is 11.4. The van der Waals surface area contributed by atoms with Crippen molar-refractivity contribution in [3.8, 4) is 11.5 Å². The zero-order valence-electron chi connectivity index (χ0n) is 15.3. The lowest BCUT2D eigenvalue weighted by molar-refractivity contribution is 0.290. The molecular formula is C19H24ClFN2O3. The fraction of sp³-hybridized carbons (Fsp3) is 0.474. The van der Waals surface area contributed by atoms with Crippen molar-refractivity contribution >= 4 is 11.6 Å². The van der Waals surface area contributed by atoms with Crippen LogP contribution in [-0.2, 0) is 12.1 Å². The van der Waals surface area contributed by atoms with Gasteiger partial charge in [-0.25, -0.2) is 4.68 Å². The molecule has 1 aromatic carbocycles. The Bertz CT molecular complexity index is 770. The Morgan fingerprint density at radius 2 is 1.85 bits per heavy atom. The molecule has 5 nitrogen and oxygen atoms in total. The Balaban J connectivity index is 1.97. The molecule has 0 spiro atoms. The average Bonchev–Trinajstić information content (AvgIpc) is 2.60. The molecule has 2 rings (SSSR count). The molecule has 0 amide bonds. The lowest BCUT2D eigenvalue weighted by Gasteiger charge is -2.21. The van der Waals surface area contributed by atoms with Crippen molar-refractivity contribution in [3.05, 3.63) is 51.4 Å². The number of benzene rings is 1. The number of alkyl halides is 1. The summed E-state index contributed by atoms with van der Waals surface area (Å²) in [5.74, 6) is 0.976. The highest BCUT2D eigenvalue weighted by atomic mass is 35.5. The Labute approximate surface area is 157 Å². The van der Waals surface area contributed by atoms with E-state index in [9.17, 15) is 9.18 Å². The molecule has 1 aromatic heterocycles. The first-order valence-corrected chi connectivity index (χ1v) is 8.89. The van der Waals surface area contributed by atoms with Crippen LogP contribution in [0.15, 0.2) is 35.3 Å². The van der Waals surface area contributed by atoms with Gasteiger partial charge in [0.25, 0.3) is 5.56 Å². The summed E-state index contributed by atoms with van der Waals surface area (Å²) in [7, 11) is 0. The summed E-state index contributed by atoms with van der Waals surface area (Å²) in [5, 5.41) is 4.15. The molecule has 0 radical (unpaired) electrons. The first-order chi connectivity index (χ1) is 12.3. The molecule has 142 valence electrons. The van der Waals surface area contributed by atoms with Crippen molar-refractivity contribution in [3.63, 3.8) is 0 Å². The van der Waals surface area contributed by atoms with Crippen molar-refractivity contribution in [1.82, 2.24) is 9.78 Å². The van der Waals surface area contributed by atoms with E-state index in [1.165, 1.54) is 10.9 Å². The summed E-state index contributed by atoms with van der Waals surface area (Å²) in [4.78, 5) is 12.3. The maximum Gasteiger partial charge on any atom is 0.289 e. The molecule has 0 fully saturated rings. The lowest BCUT2D eigenvalue weighted by atomic mass is 10.1. The van der Waals surface area contributed by atoms with Crippen LogP contribution in [0.3, 0.4) is 0 Å². The molecule has 26 heavy (non-hydrogen) atoms. The van der Waals surface area contributed by atoms with Gasteiger partial charge in [0.05, 0.1) is 25.0 Å². The third-order valence-electron chi connectivity index (χ3n) is 3.64. The molecule has 0 aliphatic rings. The molecule has 0 aliphatic carbocycles. The molecule has 0 aliphatic heterocycles. The molecule has 0 N–H and O–H groups in total. The predicted octanol–water partition coefficient (Wildman–Crippen LogP) is 4.36. The summed E-state index contributed by atoms with van der Waals surface area (Å²) in [5.41, 5.74) is 0.0603. The molecule has 0 bridgehead atoms. The van der Waals surface area contributed by atoms with Crippen molar-refractivity contribution in [2.45, 2.75) is 45.8 Å². The van der Waals surface area contributed by atoms with Gasteiger partial charge in [-0.15, -0.1) is 0 Å². The summed E-state index contributed by atoms with van der Waals surface area (Å²) < 4.78 is 24.5. The second-order valence-corrected chi connectivity index (χ2v) is 7.27. The Morgan fingerprint density at radius 1 is 1.15 bits per heavy atom. The van der Waals surface area contributed by atoms with E-state index >= 15 is 0 Å². The number of nitrogens with zero attached hydrogens (tertiary/aromatic N) is 2. The summed E-state index contributed by atoms with van der Waals surface area (Å²) >= 11 is 6.13. The fourth-order valence-corrected chi connectivity index (χ4v) is 2.41. The minimum Gasteiger partial charge on any atom is -0.494 e. The summed E-state index contributed by atoms with van der Waals surface area (Å²) in [6, 6.07) is 7.38. The summed E-state index contributed by atoms with van der Waals surface area (Å²) in [6.45, 7) is 6.05. The topological polar surface area (TPSA) is 53.4 Å². The number of halogens is 2. The van der Waals surface area contributed by atoms with Gasteiger partial charge >= 0.3 is 0 Å². The molecular weight excluding hydrogens is 359 g/mol. The second-order valence-electron chi connectivity index (χ2n) is 6.89. The third kappa shape index (κ3) is 5.46. The number of hydrogen-bond acceptors (Lipinski definition) is 4. The van der Waals surface area contributed by atoms with Gasteiger partial charge in [0.1, 0.15) is 12.4 Å². The van der Waals surface area contributed by atoms with E-state index in [4.69, 9.17) is 21.1 Å². The summed E-state index contributed by atoms with van der Waals surface area (Å²) in [6.07, 6.45) is 2.65. The number of rotatable bonds is 8. The quantitative estimate of drug-likeness (QED) is 0.636. The van der Waals surface area contributed by atoms with Crippen LogP contribution in [-0.4, -0.2) is 23.1 Å². The van der Waals surface area contributed by atoms with Gasteiger partial charge in [-0.3, -0.25) is 9.18 Å². The van der Waals surface area contributed by atoms with E-state index in [0.29, 0.717) is 19.4 Å². The van der Waals surface area contributed by atoms with Crippen LogP contribution in [0.25, 0.3) is 0 Å². The van der Waals surface area contributed by atoms with Crippen molar-refractivity contribution in [2.75, 3.05) is 13.3 Å². The SMILES string of the molecule is CC(C)(C)n1ncc(OCc2ccc(OCCCCF)cc2)c(Cl)c1=O. The number of aromatic nitrogens is 2. The van der Waals surface area contributed by atoms with Crippen molar-refractivity contribution in [2.24, 2.45) is 0 Å². The van der Waals surface area contributed by atoms with Crippen LogP contribution < -0.4 is 15.0 Å². The van der Waals surface area contributed by atoms with Gasteiger partial charge in [0.2, 0.25) is 0 Å². The van der Waals surface area contributed by atoms with Crippen LogP contribution in [0.5, 0.6) is 11.5 Å². The zero-order chi connectivity index (χ0) is 19.2. The van der Waals surface area contributed by atoms with Gasteiger partial charge in [0, 0.05) is 0 Å². The second kappa shape index (κ2) is 9.03. The highest BCUT2D eigenvalue weighted by Crippen LogP contribution is 2.22. The van der Waals surface area contributed by atoms with Gasteiger partial charge in [-0.1, -0.05) is 23.7 Å². The monoisotopic (exact) mass is 382 g/mol. The van der Waals surface area contributed by atoms with Crippen LogP contribution in [0.4, 0.5) is 4.39 Å². The smallest absolute Gasteiger partial charge is 0.289 e. The first-order valence-electron chi connectivity index (χ1n) is 8.51. The molecule has 0 saturated carbocycles. The minimum atomic E-state index is -0.459. The van der Waals surface area contributed by atoms with E-state index in [1.807, 2.05) is 45.0 Å². The van der Waals surface area contributed by atoms with E-state index < -0.39 is 5.54 Å². The Morgan fingerprint density at radius 3 is 2.46 bits per heavy atom. The van der Waals surface area contributed by atoms with Gasteiger partial charge in [-0.2, -0.15) is 5.10 Å². The van der Waals surface area contributed by atoms with Crippen LogP contribution in [0.1, 0.15) is 39.2 Å². The fourth-order valence-electron chi connectivity index (χ4n) is 2.23. The van der Waals surface area contributed by atoms with E-state index in [0.717, 1.165) is 11.3 Å². The Kier molecular flexibility index (Phi) is 7.03. The van der Waals surface area contributed by atoms with Gasteiger partial charge < -0.3 is 9.47 Å². The average molecular weight is 383 g/mol. The standard InChI is InChI=1S/C19H24ClFN2O3/c1-19(2,3)23-18(24)17(20)16(12-22-23)26-13-14-6-8-15(9-7-14)25-11-5-4-10-21/h6-9,12H,4-5,10-11,13H2,1-3H3. The molecule has 0 atom stereocenters.